The van der Waals surface area contributed by atoms with E-state index in [1.54, 1.807) is 6.07 Å². The molecule has 0 atom stereocenters. The SMILES string of the molecule is COC(=O)c1cc(OCCOc2cc(C)c(Cl)c(C)c2)c2ccccc2n1. The van der Waals surface area contributed by atoms with Gasteiger partial charge in [-0.2, -0.15) is 0 Å². The number of carbonyl (C=O) groups excluding carboxylic acids is 1. The van der Waals surface area contributed by atoms with Crippen LogP contribution in [0.3, 0.4) is 0 Å². The van der Waals surface area contributed by atoms with Crippen molar-refractivity contribution in [1.29, 1.82) is 0 Å². The van der Waals surface area contributed by atoms with Crippen LogP contribution in [0.4, 0.5) is 0 Å². The normalized spacial score (nSPS) is 10.7. The molecule has 140 valence electrons. The number of esters is 1. The van der Waals surface area contributed by atoms with Gasteiger partial charge in [0.05, 0.1) is 12.6 Å². The van der Waals surface area contributed by atoms with E-state index in [0.717, 1.165) is 27.3 Å². The van der Waals surface area contributed by atoms with Crippen LogP contribution in [0.2, 0.25) is 5.02 Å². The minimum atomic E-state index is -0.506. The lowest BCUT2D eigenvalue weighted by Gasteiger charge is -2.13. The van der Waals surface area contributed by atoms with E-state index in [1.165, 1.54) is 7.11 Å². The van der Waals surface area contributed by atoms with Crippen molar-refractivity contribution in [3.05, 3.63) is 64.3 Å². The quantitative estimate of drug-likeness (QED) is 0.452. The van der Waals surface area contributed by atoms with Crippen LogP contribution in [0.25, 0.3) is 10.9 Å². The molecule has 3 aromatic rings. The van der Waals surface area contributed by atoms with Crippen LogP contribution in [-0.2, 0) is 4.74 Å². The Labute approximate surface area is 162 Å². The van der Waals surface area contributed by atoms with E-state index in [1.807, 2.05) is 50.2 Å². The average Bonchev–Trinajstić information content (AvgIpc) is 2.68. The minimum Gasteiger partial charge on any atom is -0.490 e. The summed E-state index contributed by atoms with van der Waals surface area (Å²) in [4.78, 5) is 16.2. The van der Waals surface area contributed by atoms with Crippen LogP contribution in [0.15, 0.2) is 42.5 Å². The van der Waals surface area contributed by atoms with Crippen molar-refractivity contribution in [3.8, 4) is 11.5 Å². The fourth-order valence-electron chi connectivity index (χ4n) is 2.77. The lowest BCUT2D eigenvalue weighted by Crippen LogP contribution is -2.11. The summed E-state index contributed by atoms with van der Waals surface area (Å²) in [6.45, 7) is 4.55. The molecule has 1 heterocycles. The summed E-state index contributed by atoms with van der Waals surface area (Å²) < 4.78 is 16.4. The third-order valence-corrected chi connectivity index (χ3v) is 4.69. The topological polar surface area (TPSA) is 57.7 Å². The Morgan fingerprint density at radius 2 is 1.70 bits per heavy atom. The number of carbonyl (C=O) groups is 1. The van der Waals surface area contributed by atoms with Gasteiger partial charge in [0.15, 0.2) is 5.69 Å². The van der Waals surface area contributed by atoms with Crippen molar-refractivity contribution in [2.24, 2.45) is 0 Å². The first-order valence-corrected chi connectivity index (χ1v) is 8.88. The highest BCUT2D eigenvalue weighted by atomic mass is 35.5. The van der Waals surface area contributed by atoms with Gasteiger partial charge in [-0.25, -0.2) is 9.78 Å². The van der Waals surface area contributed by atoms with Crippen molar-refractivity contribution in [1.82, 2.24) is 4.98 Å². The number of hydrogen-bond acceptors (Lipinski definition) is 5. The van der Waals surface area contributed by atoms with E-state index in [2.05, 4.69) is 4.98 Å². The lowest BCUT2D eigenvalue weighted by molar-refractivity contribution is 0.0594. The monoisotopic (exact) mass is 385 g/mol. The summed E-state index contributed by atoms with van der Waals surface area (Å²) in [6, 6.07) is 12.8. The number of aryl methyl sites for hydroxylation is 2. The Balaban J connectivity index is 1.72. The number of ether oxygens (including phenoxy) is 3. The first kappa shape index (κ1) is 19.0. The van der Waals surface area contributed by atoms with Gasteiger partial charge in [-0.05, 0) is 49.2 Å². The largest absolute Gasteiger partial charge is 0.490 e. The molecule has 6 heteroatoms. The predicted molar refractivity (Wildman–Crippen MR) is 105 cm³/mol. The number of benzene rings is 2. The molecule has 5 nitrogen and oxygen atoms in total. The number of nitrogens with zero attached hydrogens (tertiary/aromatic N) is 1. The second-order valence-corrected chi connectivity index (χ2v) is 6.46. The van der Waals surface area contributed by atoms with Gasteiger partial charge in [0, 0.05) is 16.5 Å². The van der Waals surface area contributed by atoms with E-state index in [4.69, 9.17) is 25.8 Å². The number of methoxy groups -OCH3 is 1. The Morgan fingerprint density at radius 1 is 1.04 bits per heavy atom. The highest BCUT2D eigenvalue weighted by molar-refractivity contribution is 6.32. The summed E-state index contributed by atoms with van der Waals surface area (Å²) >= 11 is 6.17. The first-order chi connectivity index (χ1) is 13.0. The van der Waals surface area contributed by atoms with Crippen molar-refractivity contribution in [3.63, 3.8) is 0 Å². The Kier molecular flexibility index (Phi) is 5.81. The van der Waals surface area contributed by atoms with Crippen molar-refractivity contribution in [2.45, 2.75) is 13.8 Å². The molecule has 27 heavy (non-hydrogen) atoms. The molecule has 3 rings (SSSR count). The van der Waals surface area contributed by atoms with Crippen LogP contribution in [0.1, 0.15) is 21.6 Å². The van der Waals surface area contributed by atoms with Crippen LogP contribution in [0.5, 0.6) is 11.5 Å². The molecule has 0 saturated carbocycles. The second-order valence-electron chi connectivity index (χ2n) is 6.08. The molecule has 2 aromatic carbocycles. The van der Waals surface area contributed by atoms with Gasteiger partial charge in [0.25, 0.3) is 0 Å². The van der Waals surface area contributed by atoms with E-state index in [0.29, 0.717) is 24.5 Å². The Hall–Kier alpha value is -2.79. The standard InChI is InChI=1S/C21H20ClNO4/c1-13-10-15(11-14(2)20(13)22)26-8-9-27-19-12-18(21(24)25-3)23-17-7-5-4-6-16(17)19/h4-7,10-12H,8-9H2,1-3H3. The summed E-state index contributed by atoms with van der Waals surface area (Å²) in [6.07, 6.45) is 0. The van der Waals surface area contributed by atoms with Crippen LogP contribution in [-0.4, -0.2) is 31.3 Å². The van der Waals surface area contributed by atoms with Gasteiger partial charge < -0.3 is 14.2 Å². The van der Waals surface area contributed by atoms with E-state index in [-0.39, 0.29) is 5.69 Å². The number of aromatic nitrogens is 1. The number of pyridine rings is 1. The molecule has 0 fully saturated rings. The Morgan fingerprint density at radius 3 is 2.41 bits per heavy atom. The maximum absolute atomic E-state index is 11.8. The molecule has 0 unspecified atom stereocenters. The molecule has 0 radical (unpaired) electrons. The number of fused-ring (bicyclic) bond motifs is 1. The van der Waals surface area contributed by atoms with Gasteiger partial charge >= 0.3 is 5.97 Å². The molecule has 0 aliphatic heterocycles. The van der Waals surface area contributed by atoms with Gasteiger partial charge in [-0.3, -0.25) is 0 Å². The zero-order valence-electron chi connectivity index (χ0n) is 15.4. The van der Waals surface area contributed by atoms with E-state index in [9.17, 15) is 4.79 Å². The van der Waals surface area contributed by atoms with Crippen molar-refractivity contribution in [2.75, 3.05) is 20.3 Å². The van der Waals surface area contributed by atoms with Crippen molar-refractivity contribution < 1.29 is 19.0 Å². The maximum atomic E-state index is 11.8. The molecule has 0 saturated heterocycles. The molecular formula is C21H20ClNO4. The zero-order valence-corrected chi connectivity index (χ0v) is 16.2. The molecule has 0 N–H and O–H groups in total. The highest BCUT2D eigenvalue weighted by Crippen LogP contribution is 2.27. The molecule has 0 amide bonds. The third-order valence-electron chi connectivity index (χ3n) is 4.09. The number of hydrogen-bond donors (Lipinski definition) is 0. The molecule has 0 aliphatic carbocycles. The van der Waals surface area contributed by atoms with Gasteiger partial charge in [-0.15, -0.1) is 0 Å². The molecule has 0 bridgehead atoms. The van der Waals surface area contributed by atoms with E-state index >= 15 is 0 Å². The Bertz CT molecular complexity index is 964. The molecule has 1 aromatic heterocycles. The zero-order chi connectivity index (χ0) is 19.4. The maximum Gasteiger partial charge on any atom is 0.356 e. The molecule has 0 aliphatic rings. The minimum absolute atomic E-state index is 0.205. The van der Waals surface area contributed by atoms with E-state index < -0.39 is 5.97 Å². The summed E-state index contributed by atoms with van der Waals surface area (Å²) in [5, 5.41) is 1.57. The summed E-state index contributed by atoms with van der Waals surface area (Å²) in [7, 11) is 1.32. The van der Waals surface area contributed by atoms with Crippen LogP contribution >= 0.6 is 11.6 Å². The summed E-state index contributed by atoms with van der Waals surface area (Å²) in [5.74, 6) is 0.801. The smallest absolute Gasteiger partial charge is 0.356 e. The van der Waals surface area contributed by atoms with Gasteiger partial charge in [-0.1, -0.05) is 23.7 Å². The second kappa shape index (κ2) is 8.27. The first-order valence-electron chi connectivity index (χ1n) is 8.50. The predicted octanol–water partition coefficient (Wildman–Crippen LogP) is 4.75. The number of para-hydroxylation sites is 1. The van der Waals surface area contributed by atoms with Gasteiger partial charge in [0.1, 0.15) is 24.7 Å². The highest BCUT2D eigenvalue weighted by Gasteiger charge is 2.13. The fraction of sp³-hybridized carbons (Fsp3) is 0.238. The molecule has 0 spiro atoms. The van der Waals surface area contributed by atoms with Gasteiger partial charge in [0.2, 0.25) is 0 Å². The average molecular weight is 386 g/mol. The summed E-state index contributed by atoms with van der Waals surface area (Å²) in [5.41, 5.74) is 2.81. The molecular weight excluding hydrogens is 366 g/mol. The lowest BCUT2D eigenvalue weighted by atomic mass is 10.1. The third kappa shape index (κ3) is 4.31. The number of rotatable bonds is 6. The van der Waals surface area contributed by atoms with Crippen molar-refractivity contribution >= 4 is 28.5 Å². The van der Waals surface area contributed by atoms with Crippen LogP contribution in [0, 0.1) is 13.8 Å². The van der Waals surface area contributed by atoms with Crippen LogP contribution < -0.4 is 9.47 Å². The fourth-order valence-corrected chi connectivity index (χ4v) is 2.88. The number of halogens is 1.